The van der Waals surface area contributed by atoms with E-state index in [-0.39, 0.29) is 11.9 Å². The highest BCUT2D eigenvalue weighted by atomic mass is 16.3. The fraction of sp³-hybridized carbons (Fsp3) is 0.176. The number of nitriles is 1. The molecule has 0 bridgehead atoms. The van der Waals surface area contributed by atoms with Gasteiger partial charge in [0.15, 0.2) is 6.23 Å². The predicted octanol–water partition coefficient (Wildman–Crippen LogP) is 2.77. The number of hydrogen-bond acceptors (Lipinski definition) is 3. The molecule has 1 aliphatic heterocycles. The van der Waals surface area contributed by atoms with Crippen LogP contribution in [0.25, 0.3) is 0 Å². The molecule has 0 spiro atoms. The van der Waals surface area contributed by atoms with Crippen LogP contribution in [0.3, 0.4) is 0 Å². The van der Waals surface area contributed by atoms with E-state index in [9.17, 15) is 9.90 Å². The molecule has 4 heteroatoms. The van der Waals surface area contributed by atoms with Crippen molar-refractivity contribution in [1.29, 1.82) is 5.26 Å². The van der Waals surface area contributed by atoms with Gasteiger partial charge in [-0.15, -0.1) is 0 Å². The van der Waals surface area contributed by atoms with Crippen LogP contribution in [0.4, 0.5) is 0 Å². The Morgan fingerprint density at radius 1 is 1.19 bits per heavy atom. The van der Waals surface area contributed by atoms with Gasteiger partial charge in [0.2, 0.25) is 0 Å². The van der Waals surface area contributed by atoms with E-state index in [2.05, 4.69) is 6.07 Å². The Morgan fingerprint density at radius 2 is 1.86 bits per heavy atom. The van der Waals surface area contributed by atoms with Gasteiger partial charge in [-0.1, -0.05) is 30.3 Å². The molecule has 0 radical (unpaired) electrons. The standard InChI is InChI=1S/C17H14N2O2/c1-11(13-8-6-12(10-18)7-9-13)19-16(20)14-4-2-3-5-15(14)17(19)21/h2-9,11,16,20H,1H3. The SMILES string of the molecule is CC(c1ccc(C#N)cc1)N1C(=O)c2ccccc2C1O. The molecule has 0 saturated carbocycles. The van der Waals surface area contributed by atoms with Gasteiger partial charge in [-0.3, -0.25) is 4.79 Å². The monoisotopic (exact) mass is 278 g/mol. The van der Waals surface area contributed by atoms with Crippen LogP contribution in [0.2, 0.25) is 0 Å². The minimum Gasteiger partial charge on any atom is -0.369 e. The summed E-state index contributed by atoms with van der Waals surface area (Å²) in [6.07, 6.45) is -0.931. The van der Waals surface area contributed by atoms with Gasteiger partial charge in [-0.2, -0.15) is 5.26 Å². The Bertz CT molecular complexity index is 731. The van der Waals surface area contributed by atoms with Gasteiger partial charge in [0.25, 0.3) is 5.91 Å². The highest BCUT2D eigenvalue weighted by molar-refractivity contribution is 5.99. The molecule has 21 heavy (non-hydrogen) atoms. The van der Waals surface area contributed by atoms with Crippen molar-refractivity contribution in [3.63, 3.8) is 0 Å². The van der Waals surface area contributed by atoms with Crippen LogP contribution in [0.1, 0.15) is 46.2 Å². The minimum atomic E-state index is -0.931. The van der Waals surface area contributed by atoms with Crippen molar-refractivity contribution in [2.24, 2.45) is 0 Å². The number of benzene rings is 2. The van der Waals surface area contributed by atoms with Crippen molar-refractivity contribution in [3.05, 3.63) is 70.8 Å². The predicted molar refractivity (Wildman–Crippen MR) is 77.1 cm³/mol. The van der Waals surface area contributed by atoms with Crippen LogP contribution in [0.15, 0.2) is 48.5 Å². The summed E-state index contributed by atoms with van der Waals surface area (Å²) >= 11 is 0. The average Bonchev–Trinajstić information content (AvgIpc) is 2.79. The number of carbonyl (C=O) groups excluding carboxylic acids is 1. The van der Waals surface area contributed by atoms with Crippen molar-refractivity contribution in [3.8, 4) is 6.07 Å². The van der Waals surface area contributed by atoms with Crippen LogP contribution in [-0.4, -0.2) is 15.9 Å². The molecule has 0 aliphatic carbocycles. The molecule has 0 aromatic heterocycles. The molecule has 1 N–H and O–H groups in total. The largest absolute Gasteiger partial charge is 0.369 e. The Kier molecular flexibility index (Phi) is 3.20. The van der Waals surface area contributed by atoms with E-state index in [1.807, 2.05) is 25.1 Å². The topological polar surface area (TPSA) is 64.3 Å². The van der Waals surface area contributed by atoms with E-state index in [1.54, 1.807) is 30.3 Å². The summed E-state index contributed by atoms with van der Waals surface area (Å²) in [6.45, 7) is 1.87. The first kappa shape index (κ1) is 13.3. The third kappa shape index (κ3) is 2.08. The fourth-order valence-corrected chi connectivity index (χ4v) is 2.70. The maximum absolute atomic E-state index is 12.5. The number of fused-ring (bicyclic) bond motifs is 1. The maximum Gasteiger partial charge on any atom is 0.257 e. The second kappa shape index (κ2) is 5.04. The molecule has 3 rings (SSSR count). The third-order valence-corrected chi connectivity index (χ3v) is 3.91. The third-order valence-electron chi connectivity index (χ3n) is 3.91. The van der Waals surface area contributed by atoms with Gasteiger partial charge >= 0.3 is 0 Å². The van der Waals surface area contributed by atoms with Crippen molar-refractivity contribution in [2.45, 2.75) is 19.2 Å². The zero-order valence-corrected chi connectivity index (χ0v) is 11.5. The first-order chi connectivity index (χ1) is 10.1. The molecule has 1 amide bonds. The van der Waals surface area contributed by atoms with Gasteiger partial charge < -0.3 is 10.0 Å². The first-order valence-electron chi connectivity index (χ1n) is 6.73. The summed E-state index contributed by atoms with van der Waals surface area (Å²) in [4.78, 5) is 13.9. The Hall–Kier alpha value is -2.64. The summed E-state index contributed by atoms with van der Waals surface area (Å²) in [5, 5.41) is 19.2. The first-order valence-corrected chi connectivity index (χ1v) is 6.73. The lowest BCUT2D eigenvalue weighted by Gasteiger charge is -2.28. The Labute approximate surface area is 122 Å². The highest BCUT2D eigenvalue weighted by Gasteiger charge is 2.38. The van der Waals surface area contributed by atoms with E-state index in [1.165, 1.54) is 4.90 Å². The molecular weight excluding hydrogens is 264 g/mol. The smallest absolute Gasteiger partial charge is 0.257 e. The van der Waals surface area contributed by atoms with Crippen LogP contribution < -0.4 is 0 Å². The highest BCUT2D eigenvalue weighted by Crippen LogP contribution is 2.37. The summed E-state index contributed by atoms with van der Waals surface area (Å²) in [5.74, 6) is -0.171. The van der Waals surface area contributed by atoms with E-state index in [0.29, 0.717) is 16.7 Å². The molecule has 0 saturated heterocycles. The molecular formula is C17H14N2O2. The average molecular weight is 278 g/mol. The summed E-state index contributed by atoms with van der Waals surface area (Å²) in [6, 6.07) is 15.9. The number of aliphatic hydroxyl groups is 1. The lowest BCUT2D eigenvalue weighted by molar-refractivity contribution is -0.000320. The van der Waals surface area contributed by atoms with Gasteiger partial charge in [-0.25, -0.2) is 0 Å². The second-order valence-electron chi connectivity index (χ2n) is 5.08. The number of hydrogen-bond donors (Lipinski definition) is 1. The Balaban J connectivity index is 1.94. The molecule has 2 aromatic carbocycles. The molecule has 4 nitrogen and oxygen atoms in total. The maximum atomic E-state index is 12.5. The van der Waals surface area contributed by atoms with Crippen molar-refractivity contribution in [1.82, 2.24) is 4.90 Å². The quantitative estimate of drug-likeness (QED) is 0.918. The zero-order valence-electron chi connectivity index (χ0n) is 11.5. The van der Waals surface area contributed by atoms with Crippen molar-refractivity contribution < 1.29 is 9.90 Å². The summed E-state index contributed by atoms with van der Waals surface area (Å²) < 4.78 is 0. The fourth-order valence-electron chi connectivity index (χ4n) is 2.70. The van der Waals surface area contributed by atoms with E-state index < -0.39 is 6.23 Å². The van der Waals surface area contributed by atoms with E-state index in [0.717, 1.165) is 5.56 Å². The van der Waals surface area contributed by atoms with E-state index in [4.69, 9.17) is 5.26 Å². The number of rotatable bonds is 2. The second-order valence-corrected chi connectivity index (χ2v) is 5.08. The van der Waals surface area contributed by atoms with Crippen LogP contribution in [0.5, 0.6) is 0 Å². The molecule has 0 fully saturated rings. The number of aliphatic hydroxyl groups excluding tert-OH is 1. The molecule has 1 aliphatic rings. The zero-order chi connectivity index (χ0) is 15.0. The lowest BCUT2D eigenvalue weighted by atomic mass is 10.1. The van der Waals surface area contributed by atoms with Crippen LogP contribution in [-0.2, 0) is 0 Å². The van der Waals surface area contributed by atoms with Crippen LogP contribution >= 0.6 is 0 Å². The molecule has 2 unspecified atom stereocenters. The minimum absolute atomic E-state index is 0.171. The normalized spacial score (nSPS) is 18.2. The Morgan fingerprint density at radius 3 is 2.48 bits per heavy atom. The van der Waals surface area contributed by atoms with Gasteiger partial charge in [0.1, 0.15) is 0 Å². The molecule has 104 valence electrons. The summed E-state index contributed by atoms with van der Waals surface area (Å²) in [5.41, 5.74) is 2.64. The van der Waals surface area contributed by atoms with Crippen molar-refractivity contribution >= 4 is 5.91 Å². The van der Waals surface area contributed by atoms with Crippen LogP contribution in [0, 0.1) is 11.3 Å². The van der Waals surface area contributed by atoms with E-state index >= 15 is 0 Å². The van der Waals surface area contributed by atoms with Gasteiger partial charge in [-0.05, 0) is 30.7 Å². The van der Waals surface area contributed by atoms with Gasteiger partial charge in [0.05, 0.1) is 17.7 Å². The van der Waals surface area contributed by atoms with Gasteiger partial charge in [0, 0.05) is 11.1 Å². The number of nitrogens with zero attached hydrogens (tertiary/aromatic N) is 2. The lowest BCUT2D eigenvalue weighted by Crippen LogP contribution is -2.30. The molecule has 2 atom stereocenters. The molecule has 2 aromatic rings. The summed E-state index contributed by atoms with van der Waals surface area (Å²) in [7, 11) is 0. The number of carbonyl (C=O) groups is 1. The van der Waals surface area contributed by atoms with Crippen molar-refractivity contribution in [2.75, 3.05) is 0 Å². The number of amides is 1. The molecule has 1 heterocycles.